The normalized spacial score (nSPS) is 12.6. The number of benzene rings is 1. The van der Waals surface area contributed by atoms with Gasteiger partial charge < -0.3 is 5.73 Å². The molecule has 1 aromatic carbocycles. The number of halogens is 3. The third-order valence-electron chi connectivity index (χ3n) is 2.13. The average molecular weight is 245 g/mol. The molecular formula is C12H14F3NO. The second-order valence-electron chi connectivity index (χ2n) is 4.67. The summed E-state index contributed by atoms with van der Waals surface area (Å²) in [7, 11) is 0. The highest BCUT2D eigenvalue weighted by molar-refractivity contribution is 5.96. The van der Waals surface area contributed by atoms with E-state index in [0.29, 0.717) is 0 Å². The number of hydrogen-bond donors (Lipinski definition) is 1. The van der Waals surface area contributed by atoms with Crippen molar-refractivity contribution in [2.75, 3.05) is 0 Å². The summed E-state index contributed by atoms with van der Waals surface area (Å²) in [5, 5.41) is 0. The third-order valence-corrected chi connectivity index (χ3v) is 2.13. The van der Waals surface area contributed by atoms with E-state index >= 15 is 0 Å². The summed E-state index contributed by atoms with van der Waals surface area (Å²) in [5.41, 5.74) is 4.14. The molecule has 0 atom stereocenters. The van der Waals surface area contributed by atoms with Crippen LogP contribution in [-0.2, 0) is 6.18 Å². The first-order valence-corrected chi connectivity index (χ1v) is 5.09. The summed E-state index contributed by atoms with van der Waals surface area (Å²) in [5.74, 6) is -0.386. The summed E-state index contributed by atoms with van der Waals surface area (Å²) in [4.78, 5) is 11.7. The molecule has 0 aliphatic carbocycles. The molecule has 0 heterocycles. The Balaban J connectivity index is 2.97. The zero-order valence-electron chi connectivity index (χ0n) is 9.64. The van der Waals surface area contributed by atoms with Crippen LogP contribution in [0.5, 0.6) is 0 Å². The number of alkyl halides is 3. The molecule has 2 N–H and O–H groups in total. The molecule has 0 bridgehead atoms. The molecule has 0 spiro atoms. The number of carbonyl (C=O) groups is 1. The van der Waals surface area contributed by atoms with Gasteiger partial charge in [-0.1, -0.05) is 12.1 Å². The van der Waals surface area contributed by atoms with Crippen molar-refractivity contribution in [2.24, 2.45) is 5.73 Å². The van der Waals surface area contributed by atoms with Gasteiger partial charge in [0.05, 0.1) is 5.56 Å². The monoisotopic (exact) mass is 245 g/mol. The van der Waals surface area contributed by atoms with Gasteiger partial charge in [0.25, 0.3) is 0 Å². The molecule has 0 radical (unpaired) electrons. The van der Waals surface area contributed by atoms with Gasteiger partial charge in [0.15, 0.2) is 5.78 Å². The minimum Gasteiger partial charge on any atom is -0.325 e. The van der Waals surface area contributed by atoms with E-state index in [-0.39, 0.29) is 17.8 Å². The number of rotatable bonds is 3. The predicted molar refractivity (Wildman–Crippen MR) is 58.7 cm³/mol. The lowest BCUT2D eigenvalue weighted by atomic mass is 9.94. The predicted octanol–water partition coefficient (Wildman–Crippen LogP) is 3.02. The molecule has 2 nitrogen and oxygen atoms in total. The van der Waals surface area contributed by atoms with E-state index in [1.807, 2.05) is 0 Å². The Bertz CT molecular complexity index is 418. The van der Waals surface area contributed by atoms with Gasteiger partial charge in [-0.3, -0.25) is 4.79 Å². The quantitative estimate of drug-likeness (QED) is 0.832. The molecule has 5 heteroatoms. The number of hydrogen-bond acceptors (Lipinski definition) is 2. The summed E-state index contributed by atoms with van der Waals surface area (Å²) in [6.07, 6.45) is -4.43. The molecule has 0 fully saturated rings. The van der Waals surface area contributed by atoms with E-state index < -0.39 is 17.3 Å². The topological polar surface area (TPSA) is 43.1 Å². The first-order valence-electron chi connectivity index (χ1n) is 5.09. The van der Waals surface area contributed by atoms with Crippen molar-refractivity contribution in [3.8, 4) is 0 Å². The Kier molecular flexibility index (Phi) is 3.62. The van der Waals surface area contributed by atoms with Crippen molar-refractivity contribution < 1.29 is 18.0 Å². The second-order valence-corrected chi connectivity index (χ2v) is 4.67. The van der Waals surface area contributed by atoms with E-state index in [4.69, 9.17) is 5.73 Å². The van der Waals surface area contributed by atoms with Crippen LogP contribution < -0.4 is 5.73 Å². The van der Waals surface area contributed by atoms with Crippen LogP contribution in [0.25, 0.3) is 0 Å². The third kappa shape index (κ3) is 4.19. The number of carbonyl (C=O) groups excluding carboxylic acids is 1. The second kappa shape index (κ2) is 4.49. The van der Waals surface area contributed by atoms with Gasteiger partial charge in [-0.25, -0.2) is 0 Å². The molecular weight excluding hydrogens is 231 g/mol. The maximum Gasteiger partial charge on any atom is 0.416 e. The van der Waals surface area contributed by atoms with Crippen LogP contribution in [0.2, 0.25) is 0 Å². The molecule has 17 heavy (non-hydrogen) atoms. The molecule has 0 amide bonds. The van der Waals surface area contributed by atoms with E-state index in [2.05, 4.69) is 0 Å². The zero-order chi connectivity index (χ0) is 13.3. The summed E-state index contributed by atoms with van der Waals surface area (Å²) < 4.78 is 37.3. The van der Waals surface area contributed by atoms with Gasteiger partial charge in [0.2, 0.25) is 0 Å². The first kappa shape index (κ1) is 13.7. The van der Waals surface area contributed by atoms with Crippen LogP contribution in [0.4, 0.5) is 13.2 Å². The molecule has 0 saturated heterocycles. The highest BCUT2D eigenvalue weighted by Gasteiger charge is 2.31. The molecule has 1 rings (SSSR count). The summed E-state index contributed by atoms with van der Waals surface area (Å²) in [6, 6.07) is 4.38. The minimum absolute atomic E-state index is 0.00824. The van der Waals surface area contributed by atoms with Crippen LogP contribution >= 0.6 is 0 Å². The molecule has 94 valence electrons. The Hall–Kier alpha value is -1.36. The van der Waals surface area contributed by atoms with Crippen LogP contribution in [-0.4, -0.2) is 11.3 Å². The van der Waals surface area contributed by atoms with Gasteiger partial charge >= 0.3 is 6.18 Å². The number of Topliss-reactive ketones (excluding diaryl/α,β-unsaturated/α-hetero) is 1. The fraction of sp³-hybridized carbons (Fsp3) is 0.417. The lowest BCUT2D eigenvalue weighted by Crippen LogP contribution is -2.34. The van der Waals surface area contributed by atoms with Gasteiger partial charge in [0, 0.05) is 17.5 Å². The molecule has 0 aromatic heterocycles. The summed E-state index contributed by atoms with van der Waals surface area (Å²) >= 11 is 0. The lowest BCUT2D eigenvalue weighted by Gasteiger charge is -2.17. The Labute approximate surface area is 97.6 Å². The lowest BCUT2D eigenvalue weighted by molar-refractivity contribution is -0.137. The van der Waals surface area contributed by atoms with Crippen LogP contribution in [0.15, 0.2) is 24.3 Å². The van der Waals surface area contributed by atoms with Crippen molar-refractivity contribution in [1.82, 2.24) is 0 Å². The molecule has 0 saturated carbocycles. The maximum absolute atomic E-state index is 12.4. The Morgan fingerprint density at radius 1 is 1.29 bits per heavy atom. The number of nitrogens with two attached hydrogens (primary N) is 1. The van der Waals surface area contributed by atoms with E-state index in [9.17, 15) is 18.0 Å². The van der Waals surface area contributed by atoms with E-state index in [1.165, 1.54) is 12.1 Å². The van der Waals surface area contributed by atoms with Crippen molar-refractivity contribution in [2.45, 2.75) is 32.0 Å². The van der Waals surface area contributed by atoms with Crippen LogP contribution in [0.1, 0.15) is 36.2 Å². The molecule has 1 aromatic rings. The van der Waals surface area contributed by atoms with Crippen molar-refractivity contribution >= 4 is 5.78 Å². The van der Waals surface area contributed by atoms with Crippen molar-refractivity contribution in [1.29, 1.82) is 0 Å². The largest absolute Gasteiger partial charge is 0.416 e. The zero-order valence-corrected chi connectivity index (χ0v) is 9.64. The molecule has 0 aliphatic rings. The number of ketones is 1. The van der Waals surface area contributed by atoms with Crippen molar-refractivity contribution in [3.05, 3.63) is 35.4 Å². The van der Waals surface area contributed by atoms with Gasteiger partial charge in [-0.15, -0.1) is 0 Å². The van der Waals surface area contributed by atoms with Gasteiger partial charge in [-0.2, -0.15) is 13.2 Å². The SMILES string of the molecule is CC(C)(N)CC(=O)c1cccc(C(F)(F)F)c1. The Morgan fingerprint density at radius 3 is 2.35 bits per heavy atom. The molecule has 0 aliphatic heterocycles. The Morgan fingerprint density at radius 2 is 1.88 bits per heavy atom. The molecule has 0 unspecified atom stereocenters. The van der Waals surface area contributed by atoms with E-state index in [1.54, 1.807) is 13.8 Å². The standard InChI is InChI=1S/C12H14F3NO/c1-11(2,16)7-10(17)8-4-3-5-9(6-8)12(13,14)15/h3-6H,7,16H2,1-2H3. The van der Waals surface area contributed by atoms with Crippen LogP contribution in [0.3, 0.4) is 0 Å². The first-order chi connectivity index (χ1) is 7.59. The smallest absolute Gasteiger partial charge is 0.325 e. The summed E-state index contributed by atoms with van der Waals surface area (Å²) in [6.45, 7) is 3.30. The van der Waals surface area contributed by atoms with Crippen LogP contribution in [0, 0.1) is 0 Å². The van der Waals surface area contributed by atoms with Crippen molar-refractivity contribution in [3.63, 3.8) is 0 Å². The maximum atomic E-state index is 12.4. The van der Waals surface area contributed by atoms with Gasteiger partial charge in [0.1, 0.15) is 0 Å². The average Bonchev–Trinajstić information content (AvgIpc) is 2.14. The highest BCUT2D eigenvalue weighted by Crippen LogP contribution is 2.29. The van der Waals surface area contributed by atoms with Gasteiger partial charge in [-0.05, 0) is 26.0 Å². The highest BCUT2D eigenvalue weighted by atomic mass is 19.4. The minimum atomic E-state index is -4.44. The fourth-order valence-electron chi connectivity index (χ4n) is 1.38. The van der Waals surface area contributed by atoms with E-state index in [0.717, 1.165) is 12.1 Å². The fourth-order valence-corrected chi connectivity index (χ4v) is 1.38.